The maximum atomic E-state index is 11.7. The number of hydrogen-bond donors (Lipinski definition) is 1. The lowest BCUT2D eigenvalue weighted by Crippen LogP contribution is -2.39. The first-order valence-corrected chi connectivity index (χ1v) is 6.10. The zero-order chi connectivity index (χ0) is 10.1. The average Bonchev–Trinajstić information content (AvgIpc) is 2.87. The lowest BCUT2D eigenvalue weighted by Gasteiger charge is -2.15. The van der Waals surface area contributed by atoms with E-state index in [1.165, 1.54) is 0 Å². The molecular weight excluding hydrogens is 198 g/mol. The molecule has 0 aromatic carbocycles. The number of alkyl halides is 1. The fourth-order valence-electron chi connectivity index (χ4n) is 2.39. The molecule has 2 aliphatic rings. The first-order valence-electron chi connectivity index (χ1n) is 5.66. The van der Waals surface area contributed by atoms with Gasteiger partial charge in [-0.2, -0.15) is 0 Å². The van der Waals surface area contributed by atoms with Gasteiger partial charge in [0.05, 0.1) is 5.38 Å². The predicted molar refractivity (Wildman–Crippen MR) is 57.3 cm³/mol. The van der Waals surface area contributed by atoms with E-state index >= 15 is 0 Å². The monoisotopic (exact) mass is 215 g/mol. The van der Waals surface area contributed by atoms with Gasteiger partial charge in [0.15, 0.2) is 0 Å². The second-order valence-electron chi connectivity index (χ2n) is 4.57. The molecule has 0 aromatic rings. The summed E-state index contributed by atoms with van der Waals surface area (Å²) in [6.07, 6.45) is 5.48. The minimum Gasteiger partial charge on any atom is -0.352 e. The van der Waals surface area contributed by atoms with Gasteiger partial charge in [0.1, 0.15) is 0 Å². The lowest BCUT2D eigenvalue weighted by atomic mass is 10.2. The van der Waals surface area contributed by atoms with Crippen LogP contribution in [0, 0.1) is 11.8 Å². The summed E-state index contributed by atoms with van der Waals surface area (Å²) < 4.78 is 0. The lowest BCUT2D eigenvalue weighted by molar-refractivity contribution is -0.123. The predicted octanol–water partition coefficient (Wildman–Crippen LogP) is 2.31. The molecule has 0 aromatic heterocycles. The molecule has 3 heteroatoms. The van der Waals surface area contributed by atoms with Crippen molar-refractivity contribution in [1.82, 2.24) is 5.32 Å². The highest BCUT2D eigenvalue weighted by Gasteiger charge is 2.42. The van der Waals surface area contributed by atoms with Gasteiger partial charge in [-0.05, 0) is 31.6 Å². The Balaban J connectivity index is 1.77. The molecule has 2 rings (SSSR count). The summed E-state index contributed by atoms with van der Waals surface area (Å²) in [5.74, 6) is 1.18. The average molecular weight is 216 g/mol. The molecule has 0 saturated heterocycles. The van der Waals surface area contributed by atoms with Crippen LogP contribution in [0.15, 0.2) is 0 Å². The van der Waals surface area contributed by atoms with E-state index in [1.807, 2.05) is 0 Å². The van der Waals surface area contributed by atoms with Crippen molar-refractivity contribution in [3.05, 3.63) is 0 Å². The number of rotatable bonds is 3. The van der Waals surface area contributed by atoms with E-state index in [-0.39, 0.29) is 17.3 Å². The molecule has 0 heterocycles. The summed E-state index contributed by atoms with van der Waals surface area (Å²) >= 11 is 6.10. The normalized spacial score (nSPS) is 41.0. The summed E-state index contributed by atoms with van der Waals surface area (Å²) in [6.45, 7) is 2.15. The van der Waals surface area contributed by atoms with Crippen LogP contribution < -0.4 is 5.32 Å². The molecule has 2 fully saturated rings. The first-order chi connectivity index (χ1) is 6.72. The van der Waals surface area contributed by atoms with E-state index in [4.69, 9.17) is 11.6 Å². The largest absolute Gasteiger partial charge is 0.352 e. The summed E-state index contributed by atoms with van der Waals surface area (Å²) in [6, 6.07) is 0.238. The highest BCUT2D eigenvalue weighted by Crippen LogP contribution is 2.41. The number of amides is 1. The Morgan fingerprint density at radius 2 is 2.29 bits per heavy atom. The summed E-state index contributed by atoms with van der Waals surface area (Å²) in [7, 11) is 0. The van der Waals surface area contributed by atoms with Crippen LogP contribution in [0.3, 0.4) is 0 Å². The van der Waals surface area contributed by atoms with Crippen molar-refractivity contribution in [3.63, 3.8) is 0 Å². The molecular formula is C11H18ClNO. The quantitative estimate of drug-likeness (QED) is 0.720. The Morgan fingerprint density at radius 1 is 1.50 bits per heavy atom. The third kappa shape index (κ3) is 2.05. The van der Waals surface area contributed by atoms with Crippen LogP contribution in [0.1, 0.15) is 39.0 Å². The Labute approximate surface area is 90.4 Å². The van der Waals surface area contributed by atoms with Gasteiger partial charge in [0.2, 0.25) is 5.91 Å². The Morgan fingerprint density at radius 3 is 2.79 bits per heavy atom. The standard InChI is InChI=1S/C11H18ClNO/c1-2-7-6-8(7)11(14)13-10-5-3-4-9(10)12/h7-10H,2-6H2,1H3,(H,13,14). The van der Waals surface area contributed by atoms with E-state index < -0.39 is 0 Å². The van der Waals surface area contributed by atoms with Crippen LogP contribution in [0.5, 0.6) is 0 Å². The number of halogens is 1. The summed E-state index contributed by atoms with van der Waals surface area (Å²) in [5, 5.41) is 3.25. The minimum atomic E-state index is 0.165. The molecule has 0 spiro atoms. The number of nitrogens with one attached hydrogen (secondary N) is 1. The van der Waals surface area contributed by atoms with Crippen LogP contribution in [0.4, 0.5) is 0 Å². The molecule has 2 nitrogen and oxygen atoms in total. The van der Waals surface area contributed by atoms with Crippen LogP contribution in [-0.2, 0) is 4.79 Å². The van der Waals surface area contributed by atoms with Crippen molar-refractivity contribution >= 4 is 17.5 Å². The van der Waals surface area contributed by atoms with Crippen LogP contribution in [0.25, 0.3) is 0 Å². The molecule has 4 unspecified atom stereocenters. The Hall–Kier alpha value is -0.240. The second kappa shape index (κ2) is 4.09. The number of carbonyl (C=O) groups is 1. The van der Waals surface area contributed by atoms with E-state index in [2.05, 4.69) is 12.2 Å². The van der Waals surface area contributed by atoms with Crippen molar-refractivity contribution in [2.75, 3.05) is 0 Å². The third-order valence-corrected chi connectivity index (χ3v) is 4.07. The Kier molecular flexibility index (Phi) is 3.01. The van der Waals surface area contributed by atoms with Crippen LogP contribution >= 0.6 is 11.6 Å². The van der Waals surface area contributed by atoms with Gasteiger partial charge in [-0.3, -0.25) is 4.79 Å². The van der Waals surface area contributed by atoms with Crippen molar-refractivity contribution in [1.29, 1.82) is 0 Å². The minimum absolute atomic E-state index is 0.165. The molecule has 80 valence electrons. The highest BCUT2D eigenvalue weighted by atomic mass is 35.5. The Bertz CT molecular complexity index is 231. The van der Waals surface area contributed by atoms with E-state index in [0.717, 1.165) is 32.1 Å². The second-order valence-corrected chi connectivity index (χ2v) is 5.13. The topological polar surface area (TPSA) is 29.1 Å². The zero-order valence-corrected chi connectivity index (χ0v) is 9.39. The van der Waals surface area contributed by atoms with Gasteiger partial charge in [-0.15, -0.1) is 11.6 Å². The molecule has 2 saturated carbocycles. The highest BCUT2D eigenvalue weighted by molar-refractivity contribution is 6.21. The van der Waals surface area contributed by atoms with Gasteiger partial charge < -0.3 is 5.32 Å². The van der Waals surface area contributed by atoms with Crippen molar-refractivity contribution in [3.8, 4) is 0 Å². The third-order valence-electron chi connectivity index (χ3n) is 3.54. The van der Waals surface area contributed by atoms with Crippen molar-refractivity contribution < 1.29 is 4.79 Å². The zero-order valence-electron chi connectivity index (χ0n) is 8.63. The maximum absolute atomic E-state index is 11.7. The fraction of sp³-hybridized carbons (Fsp3) is 0.909. The number of hydrogen-bond acceptors (Lipinski definition) is 1. The van der Waals surface area contributed by atoms with Crippen LogP contribution in [0.2, 0.25) is 0 Å². The molecule has 0 aliphatic heterocycles. The molecule has 0 radical (unpaired) electrons. The summed E-state index contributed by atoms with van der Waals surface area (Å²) in [4.78, 5) is 11.7. The SMILES string of the molecule is CCC1CC1C(=O)NC1CCCC1Cl. The molecule has 1 N–H and O–H groups in total. The molecule has 0 bridgehead atoms. The fourth-order valence-corrected chi connectivity index (χ4v) is 2.73. The van der Waals surface area contributed by atoms with Crippen molar-refractivity contribution in [2.45, 2.75) is 50.4 Å². The smallest absolute Gasteiger partial charge is 0.223 e. The van der Waals surface area contributed by atoms with Crippen LogP contribution in [-0.4, -0.2) is 17.3 Å². The van der Waals surface area contributed by atoms with Gasteiger partial charge >= 0.3 is 0 Å². The van der Waals surface area contributed by atoms with Crippen molar-refractivity contribution in [2.24, 2.45) is 11.8 Å². The van der Waals surface area contributed by atoms with E-state index in [1.54, 1.807) is 0 Å². The van der Waals surface area contributed by atoms with E-state index in [9.17, 15) is 4.79 Å². The van der Waals surface area contributed by atoms with Gasteiger partial charge in [-0.25, -0.2) is 0 Å². The molecule has 2 aliphatic carbocycles. The summed E-state index contributed by atoms with van der Waals surface area (Å²) in [5.41, 5.74) is 0. The van der Waals surface area contributed by atoms with Gasteiger partial charge in [-0.1, -0.05) is 13.3 Å². The molecule has 1 amide bonds. The van der Waals surface area contributed by atoms with E-state index in [0.29, 0.717) is 11.8 Å². The maximum Gasteiger partial charge on any atom is 0.223 e. The van der Waals surface area contributed by atoms with Gasteiger partial charge in [0.25, 0.3) is 0 Å². The number of carbonyl (C=O) groups excluding carboxylic acids is 1. The molecule has 4 atom stereocenters. The van der Waals surface area contributed by atoms with Gasteiger partial charge in [0, 0.05) is 12.0 Å². The molecule has 14 heavy (non-hydrogen) atoms. The first kappa shape index (κ1) is 10.3.